The smallest absolute Gasteiger partial charge is 0.225 e. The molecule has 1 aliphatic carbocycles. The number of carbonyl (C=O) groups is 1. The number of benzene rings is 1. The highest BCUT2D eigenvalue weighted by atomic mass is 16.5. The van der Waals surface area contributed by atoms with E-state index in [1.165, 1.54) is 0 Å². The van der Waals surface area contributed by atoms with Gasteiger partial charge in [-0.3, -0.25) is 4.79 Å². The van der Waals surface area contributed by atoms with Gasteiger partial charge >= 0.3 is 0 Å². The van der Waals surface area contributed by atoms with Crippen molar-refractivity contribution in [2.75, 3.05) is 26.8 Å². The summed E-state index contributed by atoms with van der Waals surface area (Å²) in [4.78, 5) is 14.7. The summed E-state index contributed by atoms with van der Waals surface area (Å²) in [6.45, 7) is 1.47. The van der Waals surface area contributed by atoms with Crippen molar-refractivity contribution in [1.29, 1.82) is 0 Å². The van der Waals surface area contributed by atoms with E-state index in [4.69, 9.17) is 4.74 Å². The van der Waals surface area contributed by atoms with Crippen LogP contribution in [0.3, 0.4) is 0 Å². The van der Waals surface area contributed by atoms with Crippen LogP contribution in [0.25, 0.3) is 0 Å². The Morgan fingerprint density at radius 1 is 1.22 bits per heavy atom. The van der Waals surface area contributed by atoms with E-state index in [0.29, 0.717) is 13.0 Å². The fourth-order valence-corrected chi connectivity index (χ4v) is 4.00. The molecule has 0 radical (unpaired) electrons. The minimum Gasteiger partial charge on any atom is -0.395 e. The molecule has 1 aromatic rings. The van der Waals surface area contributed by atoms with Crippen LogP contribution in [0.2, 0.25) is 0 Å². The molecular formula is C19H27NO3. The quantitative estimate of drug-likeness (QED) is 0.908. The van der Waals surface area contributed by atoms with Crippen LogP contribution in [0, 0.1) is 0 Å². The Morgan fingerprint density at radius 2 is 1.96 bits per heavy atom. The van der Waals surface area contributed by atoms with Crippen molar-refractivity contribution in [3.63, 3.8) is 0 Å². The lowest BCUT2D eigenvalue weighted by Crippen LogP contribution is -2.53. The molecule has 1 aliphatic heterocycles. The molecule has 2 aliphatic rings. The number of amides is 1. The number of hydrogen-bond acceptors (Lipinski definition) is 3. The second-order valence-corrected chi connectivity index (χ2v) is 7.14. The maximum absolute atomic E-state index is 12.8. The first kappa shape index (κ1) is 16.5. The molecule has 1 saturated heterocycles. The van der Waals surface area contributed by atoms with Gasteiger partial charge in [0.15, 0.2) is 0 Å². The van der Waals surface area contributed by atoms with E-state index in [-0.39, 0.29) is 23.5 Å². The number of aliphatic hydroxyl groups excluding tert-OH is 1. The van der Waals surface area contributed by atoms with E-state index in [2.05, 4.69) is 12.1 Å². The lowest BCUT2D eigenvalue weighted by molar-refractivity contribution is -0.146. The fourth-order valence-electron chi connectivity index (χ4n) is 4.00. The average molecular weight is 317 g/mol. The molecule has 4 nitrogen and oxygen atoms in total. The maximum atomic E-state index is 12.8. The SMILES string of the molecule is COC1(CC(=O)N2CCCC(CO)(c3ccccc3)C2)CCC1. The number of rotatable bonds is 5. The summed E-state index contributed by atoms with van der Waals surface area (Å²) in [7, 11) is 1.71. The second-order valence-electron chi connectivity index (χ2n) is 7.14. The number of nitrogens with zero attached hydrogens (tertiary/aromatic N) is 1. The molecule has 1 amide bonds. The number of methoxy groups -OCH3 is 1. The van der Waals surface area contributed by atoms with Gasteiger partial charge in [0, 0.05) is 25.6 Å². The van der Waals surface area contributed by atoms with Crippen LogP contribution in [-0.2, 0) is 14.9 Å². The summed E-state index contributed by atoms with van der Waals surface area (Å²) >= 11 is 0. The Bertz CT molecular complexity index is 535. The molecule has 126 valence electrons. The van der Waals surface area contributed by atoms with Crippen molar-refractivity contribution in [1.82, 2.24) is 4.90 Å². The molecule has 4 heteroatoms. The molecule has 2 fully saturated rings. The fraction of sp³-hybridized carbons (Fsp3) is 0.632. The Kier molecular flexibility index (Phi) is 4.74. The summed E-state index contributed by atoms with van der Waals surface area (Å²) in [6, 6.07) is 10.1. The molecule has 1 unspecified atom stereocenters. The highest BCUT2D eigenvalue weighted by molar-refractivity contribution is 5.77. The minimum absolute atomic E-state index is 0.0796. The lowest BCUT2D eigenvalue weighted by Gasteiger charge is -2.45. The predicted octanol–water partition coefficient (Wildman–Crippen LogP) is 2.50. The third-order valence-electron chi connectivity index (χ3n) is 5.79. The summed E-state index contributed by atoms with van der Waals surface area (Å²) < 4.78 is 5.60. The third kappa shape index (κ3) is 3.15. The number of likely N-dealkylation sites (tertiary alicyclic amines) is 1. The summed E-state index contributed by atoms with van der Waals surface area (Å²) in [6.07, 6.45) is 5.43. The predicted molar refractivity (Wildman–Crippen MR) is 89.2 cm³/mol. The molecule has 3 rings (SSSR count). The van der Waals surface area contributed by atoms with Gasteiger partial charge < -0.3 is 14.7 Å². The van der Waals surface area contributed by atoms with Gasteiger partial charge in [0.2, 0.25) is 5.91 Å². The molecule has 1 saturated carbocycles. The molecule has 0 spiro atoms. The number of carbonyl (C=O) groups excluding carboxylic acids is 1. The van der Waals surface area contributed by atoms with Crippen LogP contribution in [0.5, 0.6) is 0 Å². The molecule has 23 heavy (non-hydrogen) atoms. The first-order chi connectivity index (χ1) is 11.1. The first-order valence-electron chi connectivity index (χ1n) is 8.62. The zero-order valence-corrected chi connectivity index (χ0v) is 14.0. The van der Waals surface area contributed by atoms with Gasteiger partial charge in [-0.05, 0) is 37.7 Å². The van der Waals surface area contributed by atoms with Crippen LogP contribution in [0.1, 0.15) is 44.1 Å². The Labute approximate surface area is 138 Å². The van der Waals surface area contributed by atoms with Crippen molar-refractivity contribution in [2.24, 2.45) is 0 Å². The molecule has 1 N–H and O–H groups in total. The van der Waals surface area contributed by atoms with E-state index in [1.54, 1.807) is 7.11 Å². The number of hydrogen-bond donors (Lipinski definition) is 1. The summed E-state index contributed by atoms with van der Waals surface area (Å²) in [5, 5.41) is 10.1. The van der Waals surface area contributed by atoms with Crippen LogP contribution >= 0.6 is 0 Å². The van der Waals surface area contributed by atoms with Crippen LogP contribution in [0.4, 0.5) is 0 Å². The van der Waals surface area contributed by atoms with E-state index in [9.17, 15) is 9.90 Å². The van der Waals surface area contributed by atoms with Crippen molar-refractivity contribution in [3.05, 3.63) is 35.9 Å². The minimum atomic E-state index is -0.324. The van der Waals surface area contributed by atoms with Gasteiger partial charge in [0.25, 0.3) is 0 Å². The number of piperidine rings is 1. The molecular weight excluding hydrogens is 290 g/mol. The van der Waals surface area contributed by atoms with Gasteiger partial charge in [-0.15, -0.1) is 0 Å². The topological polar surface area (TPSA) is 49.8 Å². The zero-order chi connectivity index (χ0) is 16.3. The monoisotopic (exact) mass is 317 g/mol. The Balaban J connectivity index is 1.73. The number of aliphatic hydroxyl groups is 1. The summed E-state index contributed by atoms with van der Waals surface area (Å²) in [5.74, 6) is 0.167. The second kappa shape index (κ2) is 6.62. The van der Waals surface area contributed by atoms with Crippen molar-refractivity contribution < 1.29 is 14.6 Å². The van der Waals surface area contributed by atoms with Gasteiger partial charge in [-0.1, -0.05) is 30.3 Å². The van der Waals surface area contributed by atoms with Crippen LogP contribution in [-0.4, -0.2) is 48.3 Å². The largest absolute Gasteiger partial charge is 0.395 e. The first-order valence-corrected chi connectivity index (χ1v) is 8.62. The normalized spacial score (nSPS) is 26.6. The average Bonchev–Trinajstić information content (AvgIpc) is 2.58. The van der Waals surface area contributed by atoms with Gasteiger partial charge in [-0.25, -0.2) is 0 Å². The van der Waals surface area contributed by atoms with Crippen LogP contribution < -0.4 is 0 Å². The summed E-state index contributed by atoms with van der Waals surface area (Å²) in [5.41, 5.74) is 0.572. The van der Waals surface area contributed by atoms with E-state index < -0.39 is 0 Å². The van der Waals surface area contributed by atoms with Crippen molar-refractivity contribution >= 4 is 5.91 Å². The van der Waals surface area contributed by atoms with Crippen molar-refractivity contribution in [3.8, 4) is 0 Å². The molecule has 1 heterocycles. The standard InChI is InChI=1S/C19H27NO3/c1-23-19(10-5-11-19)13-17(22)20-12-6-9-18(14-20,15-21)16-7-3-2-4-8-16/h2-4,7-8,21H,5-6,9-15H2,1H3. The highest BCUT2D eigenvalue weighted by Gasteiger charge is 2.43. The molecule has 1 atom stereocenters. The zero-order valence-electron chi connectivity index (χ0n) is 14.0. The molecule has 1 aromatic carbocycles. The lowest BCUT2D eigenvalue weighted by atomic mass is 9.74. The van der Waals surface area contributed by atoms with E-state index >= 15 is 0 Å². The van der Waals surface area contributed by atoms with Crippen LogP contribution in [0.15, 0.2) is 30.3 Å². The molecule has 0 aromatic heterocycles. The maximum Gasteiger partial charge on any atom is 0.225 e. The molecule has 0 bridgehead atoms. The van der Waals surface area contributed by atoms with Gasteiger partial charge in [0.05, 0.1) is 18.6 Å². The van der Waals surface area contributed by atoms with Gasteiger partial charge in [0.1, 0.15) is 0 Å². The van der Waals surface area contributed by atoms with Gasteiger partial charge in [-0.2, -0.15) is 0 Å². The Hall–Kier alpha value is -1.39. The third-order valence-corrected chi connectivity index (χ3v) is 5.79. The highest BCUT2D eigenvalue weighted by Crippen LogP contribution is 2.40. The van der Waals surface area contributed by atoms with E-state index in [0.717, 1.165) is 44.2 Å². The Morgan fingerprint density at radius 3 is 2.52 bits per heavy atom. The van der Waals surface area contributed by atoms with E-state index in [1.807, 2.05) is 23.1 Å². The van der Waals surface area contributed by atoms with Crippen molar-refractivity contribution in [2.45, 2.75) is 49.5 Å². The number of ether oxygens (including phenoxy) is 1.